The Hall–Kier alpha value is 0.190. The summed E-state index contributed by atoms with van der Waals surface area (Å²) < 4.78 is 3.91. The smallest absolute Gasteiger partial charge is 0.218 e. The number of aromatic nitrogens is 4. The zero-order valence-electron chi connectivity index (χ0n) is 6.81. The predicted octanol–water partition coefficient (Wildman–Crippen LogP) is 1.39. The van der Waals surface area contributed by atoms with E-state index in [2.05, 4.69) is 60.4 Å². The van der Waals surface area contributed by atoms with Gasteiger partial charge in [-0.3, -0.25) is 4.57 Å². The van der Waals surface area contributed by atoms with Gasteiger partial charge in [-0.05, 0) is 45.2 Å². The van der Waals surface area contributed by atoms with E-state index < -0.39 is 0 Å². The second kappa shape index (κ2) is 4.37. The van der Waals surface area contributed by atoms with E-state index in [9.17, 15) is 0 Å². The predicted molar refractivity (Wildman–Crippen MR) is 70.4 cm³/mol. The van der Waals surface area contributed by atoms with Crippen LogP contribution in [0.2, 0.25) is 0 Å². The molecule has 0 aromatic carbocycles. The molecule has 0 saturated carbocycles. The average Bonchev–Trinajstić information content (AvgIpc) is 2.75. The standard InChI is InChI=1S/C6H5I2N5S/c7-4-5(8)13(2-10-4)6-12-11-3(1-9)14-6/h2H,1,9H2. The van der Waals surface area contributed by atoms with Gasteiger partial charge in [0.05, 0.1) is 0 Å². The van der Waals surface area contributed by atoms with Gasteiger partial charge >= 0.3 is 0 Å². The molecule has 0 bridgehead atoms. The zero-order valence-corrected chi connectivity index (χ0v) is 11.9. The molecule has 0 unspecified atom stereocenters. The first-order valence-electron chi connectivity index (χ1n) is 3.63. The first kappa shape index (κ1) is 10.7. The van der Waals surface area contributed by atoms with E-state index in [1.54, 1.807) is 6.33 Å². The highest BCUT2D eigenvalue weighted by Gasteiger charge is 2.10. The van der Waals surface area contributed by atoms with Crippen LogP contribution in [0, 0.1) is 7.40 Å². The van der Waals surface area contributed by atoms with Gasteiger partial charge in [0.25, 0.3) is 0 Å². The van der Waals surface area contributed by atoms with Crippen molar-refractivity contribution in [2.45, 2.75) is 6.54 Å². The summed E-state index contributed by atoms with van der Waals surface area (Å²) in [6, 6.07) is 0. The van der Waals surface area contributed by atoms with E-state index >= 15 is 0 Å². The van der Waals surface area contributed by atoms with Crippen molar-refractivity contribution in [2.75, 3.05) is 0 Å². The van der Waals surface area contributed by atoms with Gasteiger partial charge in [0.2, 0.25) is 5.13 Å². The monoisotopic (exact) mass is 433 g/mol. The number of halogens is 2. The first-order chi connectivity index (χ1) is 6.72. The summed E-state index contributed by atoms with van der Waals surface area (Å²) in [7, 11) is 0. The summed E-state index contributed by atoms with van der Waals surface area (Å²) in [5.74, 6) is 0. The lowest BCUT2D eigenvalue weighted by Gasteiger charge is -1.95. The fourth-order valence-electron chi connectivity index (χ4n) is 0.870. The lowest BCUT2D eigenvalue weighted by atomic mass is 10.7. The minimum atomic E-state index is 0.431. The molecule has 2 rings (SSSR count). The van der Waals surface area contributed by atoms with Crippen molar-refractivity contribution < 1.29 is 0 Å². The molecule has 8 heteroatoms. The Morgan fingerprint density at radius 1 is 1.43 bits per heavy atom. The minimum absolute atomic E-state index is 0.431. The van der Waals surface area contributed by atoms with Crippen LogP contribution in [0.15, 0.2) is 6.33 Å². The molecule has 2 aromatic rings. The third-order valence-corrected chi connectivity index (χ3v) is 5.30. The minimum Gasteiger partial charge on any atom is -0.324 e. The number of hydrogen-bond donors (Lipinski definition) is 1. The number of imidazole rings is 1. The van der Waals surface area contributed by atoms with Gasteiger partial charge in [0, 0.05) is 6.54 Å². The summed E-state index contributed by atoms with van der Waals surface area (Å²) in [6.07, 6.45) is 1.74. The van der Waals surface area contributed by atoms with E-state index in [0.29, 0.717) is 6.54 Å². The third-order valence-electron chi connectivity index (χ3n) is 1.51. The molecule has 0 atom stereocenters. The number of nitrogens with two attached hydrogens (primary N) is 1. The molecule has 2 N–H and O–H groups in total. The summed E-state index contributed by atoms with van der Waals surface area (Å²) in [5, 5.41) is 9.63. The Morgan fingerprint density at radius 2 is 2.21 bits per heavy atom. The van der Waals surface area contributed by atoms with Crippen LogP contribution in [0.1, 0.15) is 5.01 Å². The van der Waals surface area contributed by atoms with Crippen LogP contribution in [0.25, 0.3) is 5.13 Å². The molecule has 14 heavy (non-hydrogen) atoms. The maximum absolute atomic E-state index is 5.46. The lowest BCUT2D eigenvalue weighted by molar-refractivity contribution is 0.910. The van der Waals surface area contributed by atoms with Crippen molar-refractivity contribution in [3.8, 4) is 5.13 Å². The van der Waals surface area contributed by atoms with Gasteiger partial charge in [0.15, 0.2) is 0 Å². The zero-order chi connectivity index (χ0) is 10.1. The normalized spacial score (nSPS) is 10.8. The van der Waals surface area contributed by atoms with Crippen LogP contribution in [0.3, 0.4) is 0 Å². The third kappa shape index (κ3) is 1.92. The summed E-state index contributed by atoms with van der Waals surface area (Å²) in [4.78, 5) is 4.18. The molecule has 0 aliphatic rings. The van der Waals surface area contributed by atoms with Gasteiger partial charge in [0.1, 0.15) is 18.7 Å². The molecule has 0 fully saturated rings. The van der Waals surface area contributed by atoms with Gasteiger partial charge in [-0.15, -0.1) is 10.2 Å². The van der Waals surface area contributed by atoms with Gasteiger partial charge < -0.3 is 5.73 Å². The molecule has 0 aliphatic carbocycles. The molecule has 0 spiro atoms. The van der Waals surface area contributed by atoms with Crippen molar-refractivity contribution >= 4 is 56.5 Å². The van der Waals surface area contributed by atoms with Crippen molar-refractivity contribution in [1.29, 1.82) is 0 Å². The van der Waals surface area contributed by atoms with Crippen LogP contribution in [0.4, 0.5) is 0 Å². The van der Waals surface area contributed by atoms with Gasteiger partial charge in [-0.25, -0.2) is 4.98 Å². The fraction of sp³-hybridized carbons (Fsp3) is 0.167. The van der Waals surface area contributed by atoms with Crippen molar-refractivity contribution in [3.63, 3.8) is 0 Å². The summed E-state index contributed by atoms with van der Waals surface area (Å²) in [6.45, 7) is 0.431. The molecule has 5 nitrogen and oxygen atoms in total. The Kier molecular flexibility index (Phi) is 3.34. The molecule has 0 aliphatic heterocycles. The second-order valence-electron chi connectivity index (χ2n) is 2.38. The van der Waals surface area contributed by atoms with E-state index in [1.165, 1.54) is 11.3 Å². The SMILES string of the molecule is NCc1nnc(-n2cnc(I)c2I)s1. The van der Waals surface area contributed by atoms with Gasteiger partial charge in [-0.2, -0.15) is 0 Å². The maximum atomic E-state index is 5.46. The molecule has 0 radical (unpaired) electrons. The molecule has 0 saturated heterocycles. The van der Waals surface area contributed by atoms with Crippen LogP contribution in [0.5, 0.6) is 0 Å². The van der Waals surface area contributed by atoms with E-state index in [4.69, 9.17) is 5.73 Å². The van der Waals surface area contributed by atoms with Crippen molar-refractivity contribution in [1.82, 2.24) is 19.7 Å². The van der Waals surface area contributed by atoms with E-state index in [1.807, 2.05) is 4.57 Å². The average molecular weight is 433 g/mol. The molecular weight excluding hydrogens is 428 g/mol. The topological polar surface area (TPSA) is 69.6 Å². The Bertz CT molecular complexity index is 451. The van der Waals surface area contributed by atoms with E-state index in [-0.39, 0.29) is 0 Å². The highest BCUT2D eigenvalue weighted by Crippen LogP contribution is 2.20. The first-order valence-corrected chi connectivity index (χ1v) is 6.61. The second-order valence-corrected chi connectivity index (χ2v) is 5.46. The van der Waals surface area contributed by atoms with Crippen LogP contribution in [-0.2, 0) is 6.54 Å². The van der Waals surface area contributed by atoms with Crippen LogP contribution >= 0.6 is 56.5 Å². The van der Waals surface area contributed by atoms with Gasteiger partial charge in [-0.1, -0.05) is 11.3 Å². The largest absolute Gasteiger partial charge is 0.324 e. The number of nitrogens with zero attached hydrogens (tertiary/aromatic N) is 4. The lowest BCUT2D eigenvalue weighted by Crippen LogP contribution is -1.94. The highest BCUT2D eigenvalue weighted by molar-refractivity contribution is 14.1. The molecule has 74 valence electrons. The Morgan fingerprint density at radius 3 is 2.71 bits per heavy atom. The highest BCUT2D eigenvalue weighted by atomic mass is 127. The van der Waals surface area contributed by atoms with Crippen molar-refractivity contribution in [2.24, 2.45) is 5.73 Å². The number of rotatable bonds is 2. The molecule has 2 heterocycles. The Labute approximate surface area is 111 Å². The summed E-state index contributed by atoms with van der Waals surface area (Å²) in [5.41, 5.74) is 5.46. The molecule has 0 amide bonds. The quantitative estimate of drug-likeness (QED) is 0.728. The molecule has 2 aromatic heterocycles. The molecular formula is C6H5I2N5S. The Balaban J connectivity index is 2.44. The van der Waals surface area contributed by atoms with Crippen molar-refractivity contribution in [3.05, 3.63) is 18.7 Å². The summed E-state index contributed by atoms with van der Waals surface area (Å²) >= 11 is 5.89. The number of hydrogen-bond acceptors (Lipinski definition) is 5. The fourth-order valence-corrected chi connectivity index (χ4v) is 2.60. The van der Waals surface area contributed by atoms with E-state index in [0.717, 1.165) is 17.5 Å². The van der Waals surface area contributed by atoms with Crippen LogP contribution in [-0.4, -0.2) is 19.7 Å². The maximum Gasteiger partial charge on any atom is 0.218 e. The van der Waals surface area contributed by atoms with Crippen LogP contribution < -0.4 is 5.73 Å².